The van der Waals surface area contributed by atoms with Crippen LogP contribution in [0.4, 0.5) is 0 Å². The van der Waals surface area contributed by atoms with E-state index in [2.05, 4.69) is 10.6 Å². The van der Waals surface area contributed by atoms with Gasteiger partial charge in [0.05, 0.1) is 6.54 Å². The number of hydrogen-bond donors (Lipinski definition) is 2. The fourth-order valence-electron chi connectivity index (χ4n) is 1.43. The Morgan fingerprint density at radius 2 is 2.16 bits per heavy atom. The topological polar surface area (TPSA) is 50.4 Å². The van der Waals surface area contributed by atoms with Crippen LogP contribution in [-0.2, 0) is 4.79 Å². The molecule has 0 aliphatic carbocycles. The molecule has 0 aliphatic rings. The van der Waals surface area contributed by atoms with Crippen molar-refractivity contribution in [1.29, 1.82) is 0 Å². The molecule has 108 valence electrons. The molecule has 1 amide bonds. The Morgan fingerprint density at radius 1 is 1.37 bits per heavy atom. The van der Waals surface area contributed by atoms with Gasteiger partial charge in [0.15, 0.2) is 0 Å². The summed E-state index contributed by atoms with van der Waals surface area (Å²) in [7, 11) is 1.87. The average molecular weight is 307 g/mol. The van der Waals surface area contributed by atoms with Crippen molar-refractivity contribution < 1.29 is 9.53 Å². The minimum absolute atomic E-state index is 0. The molecule has 0 unspecified atom stereocenters. The number of halogens is 2. The molecule has 0 radical (unpaired) electrons. The molecule has 19 heavy (non-hydrogen) atoms. The van der Waals surface area contributed by atoms with Gasteiger partial charge in [-0.15, -0.1) is 12.4 Å². The number of carbonyl (C=O) groups excluding carboxylic acids is 1. The van der Waals surface area contributed by atoms with Crippen LogP contribution in [-0.4, -0.2) is 32.7 Å². The zero-order valence-corrected chi connectivity index (χ0v) is 12.5. The molecule has 1 aromatic carbocycles. The third kappa shape index (κ3) is 8.70. The molecular weight excluding hydrogens is 287 g/mol. The molecule has 6 heteroatoms. The first-order valence-corrected chi connectivity index (χ1v) is 6.40. The van der Waals surface area contributed by atoms with Gasteiger partial charge < -0.3 is 15.4 Å². The summed E-state index contributed by atoms with van der Waals surface area (Å²) in [5, 5.41) is 6.44. The predicted molar refractivity (Wildman–Crippen MR) is 80.4 cm³/mol. The predicted octanol–water partition coefficient (Wildman–Crippen LogP) is 2.26. The Kier molecular flexibility index (Phi) is 10.4. The van der Waals surface area contributed by atoms with Gasteiger partial charge in [0, 0.05) is 11.4 Å². The van der Waals surface area contributed by atoms with E-state index < -0.39 is 0 Å². The van der Waals surface area contributed by atoms with Crippen molar-refractivity contribution in [3.05, 3.63) is 29.3 Å². The van der Waals surface area contributed by atoms with Crippen LogP contribution in [0.5, 0.6) is 5.75 Å². The highest BCUT2D eigenvalue weighted by molar-refractivity contribution is 6.30. The normalized spacial score (nSPS) is 9.58. The van der Waals surface area contributed by atoms with Gasteiger partial charge in [0.25, 0.3) is 0 Å². The molecule has 0 spiro atoms. The maximum absolute atomic E-state index is 11.4. The molecule has 0 aromatic heterocycles. The van der Waals surface area contributed by atoms with Crippen LogP contribution < -0.4 is 15.4 Å². The van der Waals surface area contributed by atoms with Crippen LogP contribution in [0.2, 0.25) is 5.02 Å². The van der Waals surface area contributed by atoms with E-state index in [4.69, 9.17) is 16.3 Å². The van der Waals surface area contributed by atoms with Crippen LogP contribution in [0.1, 0.15) is 12.8 Å². The second-order valence-electron chi connectivity index (χ2n) is 3.86. The van der Waals surface area contributed by atoms with E-state index in [-0.39, 0.29) is 18.3 Å². The molecule has 1 aromatic rings. The molecule has 0 saturated heterocycles. The molecule has 2 N–H and O–H groups in total. The maximum Gasteiger partial charge on any atom is 0.220 e. The summed E-state index contributed by atoms with van der Waals surface area (Å²) in [5.41, 5.74) is 0. The number of benzene rings is 1. The maximum atomic E-state index is 11.4. The van der Waals surface area contributed by atoms with Crippen molar-refractivity contribution in [2.45, 2.75) is 12.8 Å². The zero-order chi connectivity index (χ0) is 13.2. The average Bonchev–Trinajstić information content (AvgIpc) is 2.35. The summed E-state index contributed by atoms with van der Waals surface area (Å²) in [6, 6.07) is 7.20. The Balaban J connectivity index is 0.00000324. The molecule has 0 atom stereocenters. The highest BCUT2D eigenvalue weighted by atomic mass is 35.5. The Bertz CT molecular complexity index is 375. The van der Waals surface area contributed by atoms with Crippen molar-refractivity contribution >= 4 is 29.9 Å². The van der Waals surface area contributed by atoms with E-state index in [1.54, 1.807) is 12.1 Å². The summed E-state index contributed by atoms with van der Waals surface area (Å²) in [5.74, 6) is 0.770. The number of amides is 1. The fraction of sp³-hybridized carbons (Fsp3) is 0.462. The number of nitrogens with one attached hydrogen (secondary N) is 2. The van der Waals surface area contributed by atoms with E-state index in [9.17, 15) is 4.79 Å². The van der Waals surface area contributed by atoms with E-state index >= 15 is 0 Å². The molecule has 4 nitrogen and oxygen atoms in total. The van der Waals surface area contributed by atoms with Gasteiger partial charge >= 0.3 is 0 Å². The van der Waals surface area contributed by atoms with Gasteiger partial charge in [-0.05, 0) is 38.2 Å². The quantitative estimate of drug-likeness (QED) is 0.724. The lowest BCUT2D eigenvalue weighted by atomic mass is 10.3. The first-order valence-electron chi connectivity index (χ1n) is 6.02. The van der Waals surface area contributed by atoms with Crippen molar-refractivity contribution in [2.75, 3.05) is 26.7 Å². The monoisotopic (exact) mass is 306 g/mol. The lowest BCUT2D eigenvalue weighted by Crippen LogP contribution is -2.28. The van der Waals surface area contributed by atoms with Crippen LogP contribution in [0.15, 0.2) is 24.3 Å². The lowest BCUT2D eigenvalue weighted by molar-refractivity contribution is -0.121. The second-order valence-corrected chi connectivity index (χ2v) is 4.30. The Morgan fingerprint density at radius 3 is 2.84 bits per heavy atom. The fourth-order valence-corrected chi connectivity index (χ4v) is 1.61. The molecule has 0 fully saturated rings. The highest BCUT2D eigenvalue weighted by Crippen LogP contribution is 2.16. The second kappa shape index (κ2) is 10.9. The minimum Gasteiger partial charge on any atom is -0.492 e. The summed E-state index contributed by atoms with van der Waals surface area (Å²) in [6.45, 7) is 1.80. The molecule has 0 aliphatic heterocycles. The standard InChI is InChI=1S/C13H19ClN2O2.ClH/c1-15-7-3-6-13(17)16-8-9-18-12-5-2-4-11(14)10-12;/h2,4-5,10,15H,3,6-9H2,1H3,(H,16,17);1H. The number of hydrogen-bond acceptors (Lipinski definition) is 3. The van der Waals surface area contributed by atoms with Gasteiger partial charge in [-0.1, -0.05) is 17.7 Å². The first-order chi connectivity index (χ1) is 8.72. The summed E-state index contributed by atoms with van der Waals surface area (Å²) < 4.78 is 5.45. The summed E-state index contributed by atoms with van der Waals surface area (Å²) in [6.07, 6.45) is 1.38. The van der Waals surface area contributed by atoms with Crippen LogP contribution in [0.25, 0.3) is 0 Å². The summed E-state index contributed by atoms with van der Waals surface area (Å²) >= 11 is 5.82. The van der Waals surface area contributed by atoms with Gasteiger partial charge in [0.1, 0.15) is 12.4 Å². The third-order valence-corrected chi connectivity index (χ3v) is 2.55. The Hall–Kier alpha value is -0.970. The van der Waals surface area contributed by atoms with Crippen molar-refractivity contribution in [2.24, 2.45) is 0 Å². The van der Waals surface area contributed by atoms with Gasteiger partial charge in [-0.25, -0.2) is 0 Å². The SMILES string of the molecule is CNCCCC(=O)NCCOc1cccc(Cl)c1.Cl. The molecule has 0 bridgehead atoms. The van der Waals surface area contributed by atoms with Gasteiger partial charge in [-0.3, -0.25) is 4.79 Å². The highest BCUT2D eigenvalue weighted by Gasteiger charge is 2.00. The molecular formula is C13H20Cl2N2O2. The molecule has 0 heterocycles. The van der Waals surface area contributed by atoms with Crippen LogP contribution in [0.3, 0.4) is 0 Å². The van der Waals surface area contributed by atoms with Crippen molar-refractivity contribution in [1.82, 2.24) is 10.6 Å². The smallest absolute Gasteiger partial charge is 0.220 e. The largest absolute Gasteiger partial charge is 0.492 e. The van der Waals surface area contributed by atoms with Crippen molar-refractivity contribution in [3.8, 4) is 5.75 Å². The minimum atomic E-state index is 0. The summed E-state index contributed by atoms with van der Waals surface area (Å²) in [4.78, 5) is 11.4. The first kappa shape index (κ1) is 18.0. The zero-order valence-electron chi connectivity index (χ0n) is 10.9. The van der Waals surface area contributed by atoms with E-state index in [0.29, 0.717) is 30.3 Å². The molecule has 1 rings (SSSR count). The molecule has 0 saturated carbocycles. The van der Waals surface area contributed by atoms with Crippen molar-refractivity contribution in [3.63, 3.8) is 0 Å². The number of carbonyl (C=O) groups is 1. The van der Waals surface area contributed by atoms with E-state index in [1.165, 1.54) is 0 Å². The number of rotatable bonds is 8. The van der Waals surface area contributed by atoms with Gasteiger partial charge in [0.2, 0.25) is 5.91 Å². The lowest BCUT2D eigenvalue weighted by Gasteiger charge is -2.08. The van der Waals surface area contributed by atoms with E-state index in [1.807, 2.05) is 19.2 Å². The van der Waals surface area contributed by atoms with Gasteiger partial charge in [-0.2, -0.15) is 0 Å². The van der Waals surface area contributed by atoms with Crippen LogP contribution in [0, 0.1) is 0 Å². The third-order valence-electron chi connectivity index (χ3n) is 2.32. The number of ether oxygens (including phenoxy) is 1. The van der Waals surface area contributed by atoms with E-state index in [0.717, 1.165) is 13.0 Å². The van der Waals surface area contributed by atoms with Crippen LogP contribution >= 0.6 is 24.0 Å². The Labute approximate surface area is 125 Å².